The predicted molar refractivity (Wildman–Crippen MR) is 69.7 cm³/mol. The van der Waals surface area contributed by atoms with Gasteiger partial charge in [0.1, 0.15) is 5.82 Å². The summed E-state index contributed by atoms with van der Waals surface area (Å²) in [6.07, 6.45) is 5.98. The molecular formula is C14H21FN2. The molecule has 0 aromatic heterocycles. The van der Waals surface area contributed by atoms with Gasteiger partial charge in [-0.05, 0) is 62.9 Å². The van der Waals surface area contributed by atoms with Crippen LogP contribution >= 0.6 is 0 Å². The molecule has 0 saturated carbocycles. The zero-order valence-corrected chi connectivity index (χ0v) is 10.2. The molecule has 1 aliphatic heterocycles. The lowest BCUT2D eigenvalue weighted by Crippen LogP contribution is -2.39. The van der Waals surface area contributed by atoms with E-state index in [0.29, 0.717) is 6.04 Å². The molecule has 2 N–H and O–H groups in total. The van der Waals surface area contributed by atoms with Crippen molar-refractivity contribution in [3.63, 3.8) is 0 Å². The second-order valence-electron chi connectivity index (χ2n) is 4.75. The molecule has 1 aliphatic rings. The highest BCUT2D eigenvalue weighted by Gasteiger charge is 2.21. The first-order valence-electron chi connectivity index (χ1n) is 6.53. The van der Waals surface area contributed by atoms with E-state index in [4.69, 9.17) is 5.73 Å². The minimum Gasteiger partial charge on any atom is -0.369 e. The normalized spacial score (nSPS) is 20.6. The Bertz CT molecular complexity index is 337. The van der Waals surface area contributed by atoms with Crippen LogP contribution in [-0.2, 0) is 0 Å². The smallest absolute Gasteiger partial charge is 0.123 e. The van der Waals surface area contributed by atoms with Gasteiger partial charge in [0.15, 0.2) is 0 Å². The van der Waals surface area contributed by atoms with E-state index < -0.39 is 0 Å². The molecule has 0 aliphatic carbocycles. The van der Waals surface area contributed by atoms with Crippen molar-refractivity contribution in [2.75, 3.05) is 18.0 Å². The van der Waals surface area contributed by atoms with Crippen molar-refractivity contribution in [1.82, 2.24) is 0 Å². The third-order valence-corrected chi connectivity index (χ3v) is 3.53. The molecule has 0 radical (unpaired) electrons. The van der Waals surface area contributed by atoms with Gasteiger partial charge < -0.3 is 10.6 Å². The molecule has 1 aromatic rings. The second kappa shape index (κ2) is 6.01. The van der Waals surface area contributed by atoms with Crippen molar-refractivity contribution in [2.24, 2.45) is 5.73 Å². The number of rotatable bonds is 4. The van der Waals surface area contributed by atoms with Gasteiger partial charge in [0.2, 0.25) is 0 Å². The summed E-state index contributed by atoms with van der Waals surface area (Å²) in [7, 11) is 0. The molecule has 0 amide bonds. The number of halogens is 1. The number of anilines is 1. The Hall–Kier alpha value is -1.09. The van der Waals surface area contributed by atoms with Crippen molar-refractivity contribution >= 4 is 5.69 Å². The van der Waals surface area contributed by atoms with E-state index in [1.54, 1.807) is 12.1 Å². The predicted octanol–water partition coefficient (Wildman–Crippen LogP) is 2.92. The van der Waals surface area contributed by atoms with Crippen molar-refractivity contribution in [3.8, 4) is 0 Å². The van der Waals surface area contributed by atoms with E-state index in [0.717, 1.165) is 31.6 Å². The SMILES string of the molecule is NCCCC1CCCCN1c1ccc(F)cc1. The molecule has 94 valence electrons. The number of hydrogen-bond donors (Lipinski definition) is 1. The minimum atomic E-state index is -0.163. The van der Waals surface area contributed by atoms with E-state index in [1.165, 1.54) is 19.3 Å². The molecule has 1 aromatic carbocycles. The first kappa shape index (κ1) is 12.4. The third-order valence-electron chi connectivity index (χ3n) is 3.53. The lowest BCUT2D eigenvalue weighted by molar-refractivity contribution is 0.431. The summed E-state index contributed by atoms with van der Waals surface area (Å²) >= 11 is 0. The Labute approximate surface area is 103 Å². The van der Waals surface area contributed by atoms with Crippen LogP contribution in [0, 0.1) is 5.82 Å². The Morgan fingerprint density at radius 1 is 1.24 bits per heavy atom. The van der Waals surface area contributed by atoms with Crippen LogP contribution in [0.5, 0.6) is 0 Å². The number of benzene rings is 1. The zero-order chi connectivity index (χ0) is 12.1. The second-order valence-corrected chi connectivity index (χ2v) is 4.75. The summed E-state index contributed by atoms with van der Waals surface area (Å²) in [5.41, 5.74) is 6.73. The van der Waals surface area contributed by atoms with Gasteiger partial charge in [0, 0.05) is 18.3 Å². The van der Waals surface area contributed by atoms with E-state index in [9.17, 15) is 4.39 Å². The number of nitrogens with zero attached hydrogens (tertiary/aromatic N) is 1. The third kappa shape index (κ3) is 3.19. The maximum Gasteiger partial charge on any atom is 0.123 e. The molecule has 17 heavy (non-hydrogen) atoms. The Kier molecular flexibility index (Phi) is 4.37. The van der Waals surface area contributed by atoms with E-state index in [2.05, 4.69) is 4.90 Å². The molecule has 1 atom stereocenters. The highest BCUT2D eigenvalue weighted by Crippen LogP contribution is 2.27. The van der Waals surface area contributed by atoms with Crippen molar-refractivity contribution in [2.45, 2.75) is 38.1 Å². The lowest BCUT2D eigenvalue weighted by atomic mass is 9.97. The molecule has 1 heterocycles. The fourth-order valence-corrected chi connectivity index (χ4v) is 2.63. The monoisotopic (exact) mass is 236 g/mol. The number of piperidine rings is 1. The molecule has 1 saturated heterocycles. The highest BCUT2D eigenvalue weighted by molar-refractivity contribution is 5.47. The molecule has 2 rings (SSSR count). The molecule has 0 bridgehead atoms. The van der Waals surface area contributed by atoms with Crippen molar-refractivity contribution < 1.29 is 4.39 Å². The van der Waals surface area contributed by atoms with Gasteiger partial charge in [-0.25, -0.2) is 4.39 Å². The molecule has 2 nitrogen and oxygen atoms in total. The fourth-order valence-electron chi connectivity index (χ4n) is 2.63. The summed E-state index contributed by atoms with van der Waals surface area (Å²) in [5, 5.41) is 0. The van der Waals surface area contributed by atoms with Crippen LogP contribution in [0.3, 0.4) is 0 Å². The van der Waals surface area contributed by atoms with Gasteiger partial charge in [0.25, 0.3) is 0 Å². The lowest BCUT2D eigenvalue weighted by Gasteiger charge is -2.37. The van der Waals surface area contributed by atoms with Crippen molar-refractivity contribution in [1.29, 1.82) is 0 Å². The standard InChI is InChI=1S/C14H21FN2/c15-12-6-8-14(9-7-12)17-11-2-1-4-13(17)5-3-10-16/h6-9,13H,1-5,10-11,16H2. The topological polar surface area (TPSA) is 29.3 Å². The summed E-state index contributed by atoms with van der Waals surface area (Å²) in [6.45, 7) is 1.84. The average Bonchev–Trinajstić information content (AvgIpc) is 2.38. The van der Waals surface area contributed by atoms with Gasteiger partial charge in [0.05, 0.1) is 0 Å². The Morgan fingerprint density at radius 2 is 2.00 bits per heavy atom. The van der Waals surface area contributed by atoms with E-state index in [-0.39, 0.29) is 5.82 Å². The number of nitrogens with two attached hydrogens (primary N) is 1. The van der Waals surface area contributed by atoms with Gasteiger partial charge in [-0.15, -0.1) is 0 Å². The maximum atomic E-state index is 12.9. The van der Waals surface area contributed by atoms with Crippen LogP contribution in [0.1, 0.15) is 32.1 Å². The van der Waals surface area contributed by atoms with Crippen LogP contribution in [-0.4, -0.2) is 19.1 Å². The van der Waals surface area contributed by atoms with Crippen LogP contribution in [0.4, 0.5) is 10.1 Å². The highest BCUT2D eigenvalue weighted by atomic mass is 19.1. The molecule has 3 heteroatoms. The first-order chi connectivity index (χ1) is 8.31. The molecule has 1 fully saturated rings. The minimum absolute atomic E-state index is 0.163. The van der Waals surface area contributed by atoms with Crippen LogP contribution < -0.4 is 10.6 Å². The van der Waals surface area contributed by atoms with Crippen molar-refractivity contribution in [3.05, 3.63) is 30.1 Å². The van der Waals surface area contributed by atoms with E-state index in [1.807, 2.05) is 12.1 Å². The first-order valence-corrected chi connectivity index (χ1v) is 6.53. The fraction of sp³-hybridized carbons (Fsp3) is 0.571. The molecular weight excluding hydrogens is 215 g/mol. The largest absolute Gasteiger partial charge is 0.369 e. The molecule has 1 unspecified atom stereocenters. The molecule has 0 spiro atoms. The van der Waals surface area contributed by atoms with Gasteiger partial charge >= 0.3 is 0 Å². The Morgan fingerprint density at radius 3 is 2.71 bits per heavy atom. The summed E-state index contributed by atoms with van der Waals surface area (Å²) in [5.74, 6) is -0.163. The van der Waals surface area contributed by atoms with Gasteiger partial charge in [-0.3, -0.25) is 0 Å². The van der Waals surface area contributed by atoms with E-state index >= 15 is 0 Å². The Balaban J connectivity index is 2.07. The quantitative estimate of drug-likeness (QED) is 0.871. The van der Waals surface area contributed by atoms with Gasteiger partial charge in [-0.2, -0.15) is 0 Å². The summed E-state index contributed by atoms with van der Waals surface area (Å²) < 4.78 is 12.9. The van der Waals surface area contributed by atoms with Crippen LogP contribution in [0.15, 0.2) is 24.3 Å². The zero-order valence-electron chi connectivity index (χ0n) is 10.2. The summed E-state index contributed by atoms with van der Waals surface area (Å²) in [4.78, 5) is 2.42. The van der Waals surface area contributed by atoms with Crippen LogP contribution in [0.25, 0.3) is 0 Å². The average molecular weight is 236 g/mol. The summed E-state index contributed by atoms with van der Waals surface area (Å²) in [6, 6.07) is 7.44. The maximum absolute atomic E-state index is 12.9. The van der Waals surface area contributed by atoms with Gasteiger partial charge in [-0.1, -0.05) is 0 Å². The number of hydrogen-bond acceptors (Lipinski definition) is 2. The van der Waals surface area contributed by atoms with Crippen LogP contribution in [0.2, 0.25) is 0 Å².